The van der Waals surface area contributed by atoms with Crippen LogP contribution in [0, 0.1) is 6.92 Å². The van der Waals surface area contributed by atoms with Crippen LogP contribution in [-0.4, -0.2) is 22.1 Å². The second-order valence-corrected chi connectivity index (χ2v) is 3.95. The highest BCUT2D eigenvalue weighted by Gasteiger charge is 2.08. The number of anilines is 2. The molecule has 1 heterocycles. The number of carbonyl (C=O) groups is 2. The lowest BCUT2D eigenvalue weighted by atomic mass is 10.2. The van der Waals surface area contributed by atoms with Gasteiger partial charge in [-0.3, -0.25) is 9.89 Å². The third kappa shape index (κ3) is 3.09. The number of rotatable bonds is 3. The fourth-order valence-electron chi connectivity index (χ4n) is 1.51. The van der Waals surface area contributed by atoms with Gasteiger partial charge in [0.2, 0.25) is 0 Å². The summed E-state index contributed by atoms with van der Waals surface area (Å²) in [5.74, 6) is 0.294. The van der Waals surface area contributed by atoms with Crippen LogP contribution in [0.5, 0.6) is 0 Å². The van der Waals surface area contributed by atoms with Crippen molar-refractivity contribution in [3.8, 4) is 0 Å². The first kappa shape index (κ1) is 12.6. The zero-order valence-electron chi connectivity index (χ0n) is 10.2. The van der Waals surface area contributed by atoms with Gasteiger partial charge in [-0.15, -0.1) is 0 Å². The van der Waals surface area contributed by atoms with Crippen molar-refractivity contribution >= 4 is 23.4 Å². The predicted molar refractivity (Wildman–Crippen MR) is 70.9 cm³/mol. The minimum absolute atomic E-state index is 0.266. The van der Waals surface area contributed by atoms with Crippen molar-refractivity contribution in [3.05, 3.63) is 41.6 Å². The van der Waals surface area contributed by atoms with Crippen molar-refractivity contribution < 1.29 is 9.59 Å². The van der Waals surface area contributed by atoms with Crippen LogP contribution in [0.15, 0.2) is 30.5 Å². The number of hydrogen-bond acceptors (Lipinski definition) is 3. The summed E-state index contributed by atoms with van der Waals surface area (Å²) in [6.45, 7) is 1.83. The molecule has 98 valence electrons. The molecule has 2 aromatic rings. The third-order valence-corrected chi connectivity index (χ3v) is 2.48. The second kappa shape index (κ2) is 5.21. The van der Waals surface area contributed by atoms with Gasteiger partial charge >= 0.3 is 6.03 Å². The number of benzene rings is 1. The summed E-state index contributed by atoms with van der Waals surface area (Å²) in [6.07, 6.45) is 1.62. The Hall–Kier alpha value is -2.83. The standard InChI is InChI=1S/C12H13N5O2/c1-7-6-14-17-10(7)16-11(18)8-2-4-9(5-3-8)15-12(13)19/h2-6H,1H3,(H3,13,15,19)(H2,14,16,17,18). The molecule has 0 radical (unpaired) electrons. The lowest BCUT2D eigenvalue weighted by Gasteiger charge is -2.05. The number of H-pyrrole nitrogens is 1. The fraction of sp³-hybridized carbons (Fsp3) is 0.0833. The monoisotopic (exact) mass is 259 g/mol. The molecule has 7 nitrogen and oxygen atoms in total. The molecule has 0 atom stereocenters. The van der Waals surface area contributed by atoms with Gasteiger partial charge < -0.3 is 16.4 Å². The second-order valence-electron chi connectivity index (χ2n) is 3.95. The van der Waals surface area contributed by atoms with Crippen LogP contribution in [-0.2, 0) is 0 Å². The number of amides is 3. The predicted octanol–water partition coefficient (Wildman–Crippen LogP) is 1.46. The van der Waals surface area contributed by atoms with Crippen LogP contribution in [0.2, 0.25) is 0 Å². The molecule has 0 saturated heterocycles. The molecule has 0 saturated carbocycles. The van der Waals surface area contributed by atoms with Crippen LogP contribution in [0.25, 0.3) is 0 Å². The minimum Gasteiger partial charge on any atom is -0.351 e. The highest BCUT2D eigenvalue weighted by molar-refractivity contribution is 6.04. The van der Waals surface area contributed by atoms with Crippen LogP contribution < -0.4 is 16.4 Å². The first-order valence-electron chi connectivity index (χ1n) is 5.54. The van der Waals surface area contributed by atoms with Gasteiger partial charge in [-0.25, -0.2) is 4.79 Å². The summed E-state index contributed by atoms with van der Waals surface area (Å²) in [6, 6.07) is 5.72. The van der Waals surface area contributed by atoms with Gasteiger partial charge in [-0.05, 0) is 31.2 Å². The first-order chi connectivity index (χ1) is 9.06. The van der Waals surface area contributed by atoms with Crippen molar-refractivity contribution in [1.82, 2.24) is 10.2 Å². The Balaban J connectivity index is 2.07. The molecular weight excluding hydrogens is 246 g/mol. The van der Waals surface area contributed by atoms with Gasteiger partial charge in [0.15, 0.2) is 0 Å². The normalized spacial score (nSPS) is 9.95. The third-order valence-electron chi connectivity index (χ3n) is 2.48. The number of aromatic nitrogens is 2. The zero-order valence-corrected chi connectivity index (χ0v) is 10.2. The Morgan fingerprint density at radius 1 is 1.21 bits per heavy atom. The van der Waals surface area contributed by atoms with E-state index in [1.165, 1.54) is 0 Å². The molecule has 0 aliphatic rings. The highest BCUT2D eigenvalue weighted by Crippen LogP contribution is 2.13. The molecule has 0 aliphatic heterocycles. The number of aryl methyl sites for hydroxylation is 1. The highest BCUT2D eigenvalue weighted by atomic mass is 16.2. The average molecular weight is 259 g/mol. The van der Waals surface area contributed by atoms with E-state index in [0.717, 1.165) is 5.56 Å². The summed E-state index contributed by atoms with van der Waals surface area (Å²) in [5.41, 5.74) is 6.83. The van der Waals surface area contributed by atoms with E-state index in [1.54, 1.807) is 30.5 Å². The Bertz CT molecular complexity index is 603. The van der Waals surface area contributed by atoms with E-state index in [9.17, 15) is 9.59 Å². The van der Waals surface area contributed by atoms with E-state index in [0.29, 0.717) is 17.1 Å². The topological polar surface area (TPSA) is 113 Å². The Kier molecular flexibility index (Phi) is 3.46. The van der Waals surface area contributed by atoms with E-state index in [4.69, 9.17) is 5.73 Å². The summed E-state index contributed by atoms with van der Waals surface area (Å²) in [7, 11) is 0. The van der Waals surface area contributed by atoms with Crippen molar-refractivity contribution in [2.45, 2.75) is 6.92 Å². The van der Waals surface area contributed by atoms with E-state index in [1.807, 2.05) is 6.92 Å². The molecule has 1 aromatic carbocycles. The number of nitrogens with zero attached hydrogens (tertiary/aromatic N) is 1. The van der Waals surface area contributed by atoms with Crippen molar-refractivity contribution in [2.24, 2.45) is 5.73 Å². The SMILES string of the molecule is Cc1cn[nH]c1NC(=O)c1ccc(NC(N)=O)cc1. The van der Waals surface area contributed by atoms with Crippen LogP contribution in [0.4, 0.5) is 16.3 Å². The summed E-state index contributed by atoms with van der Waals surface area (Å²) in [5, 5.41) is 11.6. The lowest BCUT2D eigenvalue weighted by molar-refractivity contribution is 0.102. The van der Waals surface area contributed by atoms with Gasteiger partial charge in [0.1, 0.15) is 5.82 Å². The van der Waals surface area contributed by atoms with Gasteiger partial charge in [-0.1, -0.05) is 0 Å². The maximum absolute atomic E-state index is 11.9. The molecule has 0 fully saturated rings. The molecule has 0 aliphatic carbocycles. The Labute approximate surface area is 109 Å². The van der Waals surface area contributed by atoms with E-state index in [-0.39, 0.29) is 5.91 Å². The summed E-state index contributed by atoms with van der Waals surface area (Å²) in [4.78, 5) is 22.6. The molecule has 1 aromatic heterocycles. The van der Waals surface area contributed by atoms with Crippen molar-refractivity contribution in [3.63, 3.8) is 0 Å². The molecule has 0 unspecified atom stereocenters. The number of carbonyl (C=O) groups excluding carboxylic acids is 2. The van der Waals surface area contributed by atoms with Crippen LogP contribution in [0.1, 0.15) is 15.9 Å². The molecular formula is C12H13N5O2. The maximum Gasteiger partial charge on any atom is 0.316 e. The number of primary amides is 1. The fourth-order valence-corrected chi connectivity index (χ4v) is 1.51. The smallest absolute Gasteiger partial charge is 0.316 e. The largest absolute Gasteiger partial charge is 0.351 e. The Morgan fingerprint density at radius 3 is 2.42 bits per heavy atom. The molecule has 3 amide bonds. The van der Waals surface area contributed by atoms with Crippen molar-refractivity contribution in [2.75, 3.05) is 10.6 Å². The summed E-state index contributed by atoms with van der Waals surface area (Å²) < 4.78 is 0. The average Bonchev–Trinajstić information content (AvgIpc) is 2.75. The lowest BCUT2D eigenvalue weighted by Crippen LogP contribution is -2.19. The molecule has 5 N–H and O–H groups in total. The van der Waals surface area contributed by atoms with Crippen molar-refractivity contribution in [1.29, 1.82) is 0 Å². The van der Waals surface area contributed by atoms with Crippen LogP contribution >= 0.6 is 0 Å². The Morgan fingerprint density at radius 2 is 1.89 bits per heavy atom. The van der Waals surface area contributed by atoms with Gasteiger partial charge in [0.05, 0.1) is 6.20 Å². The molecule has 7 heteroatoms. The number of nitrogens with two attached hydrogens (primary N) is 1. The zero-order chi connectivity index (χ0) is 13.8. The minimum atomic E-state index is -0.648. The number of aromatic amines is 1. The van der Waals surface area contributed by atoms with Gasteiger partial charge in [-0.2, -0.15) is 5.10 Å². The molecule has 0 bridgehead atoms. The van der Waals surface area contributed by atoms with Gasteiger partial charge in [0.25, 0.3) is 5.91 Å². The van der Waals surface area contributed by atoms with E-state index >= 15 is 0 Å². The number of urea groups is 1. The molecule has 2 rings (SSSR count). The number of nitrogens with one attached hydrogen (secondary N) is 3. The maximum atomic E-state index is 11.9. The van der Waals surface area contributed by atoms with Gasteiger partial charge in [0, 0.05) is 16.8 Å². The quantitative estimate of drug-likeness (QED) is 0.669. The number of hydrogen-bond donors (Lipinski definition) is 4. The molecule has 0 spiro atoms. The molecule has 19 heavy (non-hydrogen) atoms. The first-order valence-corrected chi connectivity index (χ1v) is 5.54. The van der Waals surface area contributed by atoms with E-state index < -0.39 is 6.03 Å². The van der Waals surface area contributed by atoms with Crippen LogP contribution in [0.3, 0.4) is 0 Å². The summed E-state index contributed by atoms with van der Waals surface area (Å²) >= 11 is 0. The van der Waals surface area contributed by atoms with E-state index in [2.05, 4.69) is 20.8 Å².